The van der Waals surface area contributed by atoms with E-state index >= 15 is 0 Å². The van der Waals surface area contributed by atoms with Crippen molar-refractivity contribution in [3.05, 3.63) is 0 Å². The molecule has 0 heterocycles. The molecule has 2 nitrogen and oxygen atoms in total. The van der Waals surface area contributed by atoms with E-state index < -0.39 is 0 Å². The Morgan fingerprint density at radius 2 is 1.90 bits per heavy atom. The molecule has 2 aliphatic carbocycles. The molecule has 0 aromatic heterocycles. The molecule has 0 spiro atoms. The van der Waals surface area contributed by atoms with E-state index in [1.165, 1.54) is 64.5 Å². The molecule has 2 saturated carbocycles. The van der Waals surface area contributed by atoms with Gasteiger partial charge in [0.05, 0.1) is 0 Å². The van der Waals surface area contributed by atoms with Crippen LogP contribution in [0.25, 0.3) is 0 Å². The maximum absolute atomic E-state index is 6.44. The number of nitrogens with two attached hydrogens (primary N) is 1. The standard InChI is InChI=1S/C18H36N2/c1-4-5-15-6-9-18(19)16(12-15)13-20(17-7-8-17)11-10-14(2)3/h14-18H,4-13,19H2,1-3H3. The smallest absolute Gasteiger partial charge is 0.00965 e. The molecule has 2 aliphatic rings. The van der Waals surface area contributed by atoms with Gasteiger partial charge in [0.15, 0.2) is 0 Å². The van der Waals surface area contributed by atoms with Gasteiger partial charge in [-0.05, 0) is 62.8 Å². The second-order valence-electron chi connectivity index (χ2n) is 7.80. The van der Waals surface area contributed by atoms with Crippen LogP contribution in [0.15, 0.2) is 0 Å². The van der Waals surface area contributed by atoms with Crippen LogP contribution in [0.2, 0.25) is 0 Å². The van der Waals surface area contributed by atoms with Crippen LogP contribution in [0.1, 0.15) is 72.1 Å². The fourth-order valence-corrected chi connectivity index (χ4v) is 3.85. The lowest BCUT2D eigenvalue weighted by Gasteiger charge is -2.37. The summed E-state index contributed by atoms with van der Waals surface area (Å²) in [5, 5.41) is 0. The second kappa shape index (κ2) is 7.79. The molecule has 0 amide bonds. The molecule has 2 rings (SSSR count). The van der Waals surface area contributed by atoms with Crippen LogP contribution in [0, 0.1) is 17.8 Å². The van der Waals surface area contributed by atoms with Crippen LogP contribution in [0.5, 0.6) is 0 Å². The highest BCUT2D eigenvalue weighted by molar-refractivity contribution is 4.90. The Balaban J connectivity index is 1.83. The van der Waals surface area contributed by atoms with Gasteiger partial charge in [0.25, 0.3) is 0 Å². The molecular formula is C18H36N2. The number of hydrogen-bond donors (Lipinski definition) is 1. The number of rotatable bonds is 8. The van der Waals surface area contributed by atoms with Crippen molar-refractivity contribution in [2.24, 2.45) is 23.5 Å². The summed E-state index contributed by atoms with van der Waals surface area (Å²) in [7, 11) is 0. The van der Waals surface area contributed by atoms with E-state index in [9.17, 15) is 0 Å². The summed E-state index contributed by atoms with van der Waals surface area (Å²) in [5.41, 5.74) is 6.44. The zero-order chi connectivity index (χ0) is 14.5. The Kier molecular flexibility index (Phi) is 6.35. The topological polar surface area (TPSA) is 29.3 Å². The minimum absolute atomic E-state index is 0.461. The lowest BCUT2D eigenvalue weighted by Crippen LogP contribution is -2.44. The predicted octanol–water partition coefficient (Wildman–Crippen LogP) is 4.04. The molecule has 2 heteroatoms. The summed E-state index contributed by atoms with van der Waals surface area (Å²) in [6.45, 7) is 9.58. The molecule has 0 bridgehead atoms. The van der Waals surface area contributed by atoms with Gasteiger partial charge in [-0.3, -0.25) is 0 Å². The zero-order valence-electron chi connectivity index (χ0n) is 14.0. The summed E-state index contributed by atoms with van der Waals surface area (Å²) >= 11 is 0. The van der Waals surface area contributed by atoms with Crippen LogP contribution in [-0.4, -0.2) is 30.1 Å². The molecule has 0 aliphatic heterocycles. The average Bonchev–Trinajstić information content (AvgIpc) is 3.22. The van der Waals surface area contributed by atoms with Crippen LogP contribution in [0.3, 0.4) is 0 Å². The molecule has 2 N–H and O–H groups in total. The Morgan fingerprint density at radius 1 is 1.15 bits per heavy atom. The van der Waals surface area contributed by atoms with Gasteiger partial charge in [0.1, 0.15) is 0 Å². The fourth-order valence-electron chi connectivity index (χ4n) is 3.85. The first-order valence-corrected chi connectivity index (χ1v) is 9.09. The highest BCUT2D eigenvalue weighted by Gasteiger charge is 2.34. The molecule has 3 atom stereocenters. The second-order valence-corrected chi connectivity index (χ2v) is 7.80. The normalized spacial score (nSPS) is 31.2. The van der Waals surface area contributed by atoms with Crippen molar-refractivity contribution >= 4 is 0 Å². The summed E-state index contributed by atoms with van der Waals surface area (Å²) in [5.74, 6) is 2.54. The van der Waals surface area contributed by atoms with Crippen LogP contribution < -0.4 is 5.73 Å². The van der Waals surface area contributed by atoms with Crippen LogP contribution >= 0.6 is 0 Å². The summed E-state index contributed by atoms with van der Waals surface area (Å²) in [4.78, 5) is 2.78. The highest BCUT2D eigenvalue weighted by Crippen LogP contribution is 2.34. The predicted molar refractivity (Wildman–Crippen MR) is 87.8 cm³/mol. The van der Waals surface area contributed by atoms with Crippen molar-refractivity contribution in [1.82, 2.24) is 4.90 Å². The van der Waals surface area contributed by atoms with Gasteiger partial charge in [-0.1, -0.05) is 33.6 Å². The van der Waals surface area contributed by atoms with E-state index in [0.29, 0.717) is 6.04 Å². The van der Waals surface area contributed by atoms with Gasteiger partial charge in [0.2, 0.25) is 0 Å². The van der Waals surface area contributed by atoms with E-state index in [1.807, 2.05) is 0 Å². The average molecular weight is 281 g/mol. The van der Waals surface area contributed by atoms with E-state index in [-0.39, 0.29) is 0 Å². The van der Waals surface area contributed by atoms with Crippen molar-refractivity contribution in [3.63, 3.8) is 0 Å². The first-order chi connectivity index (χ1) is 9.60. The third-order valence-corrected chi connectivity index (χ3v) is 5.37. The van der Waals surface area contributed by atoms with E-state index in [1.54, 1.807) is 0 Å². The van der Waals surface area contributed by atoms with E-state index in [4.69, 9.17) is 5.73 Å². The largest absolute Gasteiger partial charge is 0.327 e. The molecule has 0 aromatic carbocycles. The van der Waals surface area contributed by atoms with Gasteiger partial charge < -0.3 is 10.6 Å². The van der Waals surface area contributed by atoms with Gasteiger partial charge in [0, 0.05) is 18.6 Å². The Labute approximate surface area is 126 Å². The minimum Gasteiger partial charge on any atom is -0.327 e. The van der Waals surface area contributed by atoms with Crippen molar-refractivity contribution in [3.8, 4) is 0 Å². The highest BCUT2D eigenvalue weighted by atomic mass is 15.2. The summed E-state index contributed by atoms with van der Waals surface area (Å²) < 4.78 is 0. The third-order valence-electron chi connectivity index (χ3n) is 5.37. The SMILES string of the molecule is CCCC1CCC(N)C(CN(CCC(C)C)C2CC2)C1. The van der Waals surface area contributed by atoms with Gasteiger partial charge in [-0.2, -0.15) is 0 Å². The number of nitrogens with zero attached hydrogens (tertiary/aromatic N) is 1. The first-order valence-electron chi connectivity index (χ1n) is 9.09. The minimum atomic E-state index is 0.461. The third kappa shape index (κ3) is 5.04. The molecule has 0 aromatic rings. The fraction of sp³-hybridized carbons (Fsp3) is 1.00. The molecule has 0 radical (unpaired) electrons. The Morgan fingerprint density at radius 3 is 2.50 bits per heavy atom. The summed E-state index contributed by atoms with van der Waals surface area (Å²) in [6.07, 6.45) is 11.0. The zero-order valence-corrected chi connectivity index (χ0v) is 14.0. The van der Waals surface area contributed by atoms with E-state index in [2.05, 4.69) is 25.7 Å². The molecule has 118 valence electrons. The van der Waals surface area contributed by atoms with Crippen molar-refractivity contribution in [1.29, 1.82) is 0 Å². The monoisotopic (exact) mass is 280 g/mol. The van der Waals surface area contributed by atoms with E-state index in [0.717, 1.165) is 23.8 Å². The van der Waals surface area contributed by atoms with Crippen molar-refractivity contribution in [2.45, 2.75) is 84.2 Å². The van der Waals surface area contributed by atoms with Crippen LogP contribution in [-0.2, 0) is 0 Å². The maximum Gasteiger partial charge on any atom is 0.00965 e. The first kappa shape index (κ1) is 16.3. The molecule has 0 saturated heterocycles. The molecule has 20 heavy (non-hydrogen) atoms. The quantitative estimate of drug-likeness (QED) is 0.727. The van der Waals surface area contributed by atoms with Crippen molar-refractivity contribution < 1.29 is 0 Å². The van der Waals surface area contributed by atoms with Gasteiger partial charge >= 0.3 is 0 Å². The number of hydrogen-bond acceptors (Lipinski definition) is 2. The molecular weight excluding hydrogens is 244 g/mol. The Bertz CT molecular complexity index is 273. The molecule has 2 fully saturated rings. The van der Waals surface area contributed by atoms with Gasteiger partial charge in [-0.25, -0.2) is 0 Å². The van der Waals surface area contributed by atoms with Crippen LogP contribution in [0.4, 0.5) is 0 Å². The Hall–Kier alpha value is -0.0800. The van der Waals surface area contributed by atoms with Gasteiger partial charge in [-0.15, -0.1) is 0 Å². The lowest BCUT2D eigenvalue weighted by molar-refractivity contribution is 0.142. The summed E-state index contributed by atoms with van der Waals surface area (Å²) in [6, 6.07) is 1.36. The van der Waals surface area contributed by atoms with Crippen molar-refractivity contribution in [2.75, 3.05) is 13.1 Å². The maximum atomic E-state index is 6.44. The lowest BCUT2D eigenvalue weighted by atomic mass is 9.76. The molecule has 3 unspecified atom stereocenters.